The summed E-state index contributed by atoms with van der Waals surface area (Å²) in [6.45, 7) is 11.3. The van der Waals surface area contributed by atoms with Gasteiger partial charge in [0.2, 0.25) is 5.69 Å². The van der Waals surface area contributed by atoms with Gasteiger partial charge >= 0.3 is 5.97 Å². The Morgan fingerprint density at radius 3 is 2.24 bits per heavy atom. The lowest BCUT2D eigenvalue weighted by atomic mass is 9.73. The fourth-order valence-electron chi connectivity index (χ4n) is 7.31. The van der Waals surface area contributed by atoms with Crippen LogP contribution in [0.3, 0.4) is 0 Å². The Morgan fingerprint density at radius 1 is 0.981 bits per heavy atom. The third kappa shape index (κ3) is 11.0. The molecule has 0 aromatic heterocycles. The molecule has 0 saturated heterocycles. The Hall–Kier alpha value is -3.61. The highest BCUT2D eigenvalue weighted by Gasteiger charge is 2.48. The Labute approximate surface area is 318 Å². The lowest BCUT2D eigenvalue weighted by Crippen LogP contribution is -2.32. The van der Waals surface area contributed by atoms with Crippen molar-refractivity contribution in [3.8, 4) is 5.75 Å². The molecule has 2 aliphatic heterocycles. The van der Waals surface area contributed by atoms with Crippen LogP contribution in [0.2, 0.25) is 0 Å². The van der Waals surface area contributed by atoms with E-state index in [-0.39, 0.29) is 60.6 Å². The van der Waals surface area contributed by atoms with Crippen molar-refractivity contribution >= 4 is 53.4 Å². The molecular weight excluding hydrogens is 761 g/mol. The summed E-state index contributed by atoms with van der Waals surface area (Å²) in [5.74, 6) is -0.501. The van der Waals surface area contributed by atoms with Gasteiger partial charge in [0, 0.05) is 61.8 Å². The van der Waals surface area contributed by atoms with E-state index in [0.29, 0.717) is 48.0 Å². The van der Waals surface area contributed by atoms with Gasteiger partial charge in [0.05, 0.1) is 21.8 Å². The van der Waals surface area contributed by atoms with Gasteiger partial charge in [-0.25, -0.2) is 0 Å². The van der Waals surface area contributed by atoms with E-state index in [2.05, 4.69) is 20.8 Å². The first kappa shape index (κ1) is 43.1. The Morgan fingerprint density at radius 2 is 1.65 bits per heavy atom. The van der Waals surface area contributed by atoms with Crippen molar-refractivity contribution in [2.75, 3.05) is 36.0 Å². The molecule has 298 valence electrons. The van der Waals surface area contributed by atoms with Gasteiger partial charge in [-0.1, -0.05) is 32.9 Å². The first-order chi connectivity index (χ1) is 24.9. The first-order valence-corrected chi connectivity index (χ1v) is 22.4. The lowest BCUT2D eigenvalue weighted by molar-refractivity contribution is -0.437. The minimum absolute atomic E-state index is 0.0298. The van der Waals surface area contributed by atoms with Crippen molar-refractivity contribution in [2.45, 2.75) is 89.4 Å². The fourth-order valence-corrected chi connectivity index (χ4v) is 8.81. The third-order valence-electron chi connectivity index (χ3n) is 10.0. The van der Waals surface area contributed by atoms with Crippen molar-refractivity contribution in [1.29, 1.82) is 0 Å². The average Bonchev–Trinajstić information content (AvgIpc) is 3.26. The number of fused-ring (bicyclic) bond motifs is 2. The molecule has 0 radical (unpaired) electrons. The number of allylic oxidation sites excluding steroid dienone is 4. The van der Waals surface area contributed by atoms with Crippen LogP contribution in [0.25, 0.3) is 0 Å². The molecule has 2 heterocycles. The average molecular weight is 812 g/mol. The monoisotopic (exact) mass is 811 g/mol. The zero-order valence-corrected chi connectivity index (χ0v) is 33.7. The largest absolute Gasteiger partial charge is 0.481 e. The van der Waals surface area contributed by atoms with Crippen LogP contribution < -0.4 is 9.64 Å². The highest BCUT2D eigenvalue weighted by molar-refractivity contribution is 7.86. The predicted octanol–water partition coefficient (Wildman–Crippen LogP) is 5.98. The molecule has 54 heavy (non-hydrogen) atoms. The van der Waals surface area contributed by atoms with Crippen LogP contribution in [-0.4, -0.2) is 91.4 Å². The number of carboxylic acid groups (broad SMARTS) is 1. The number of anilines is 1. The molecule has 2 aromatic carbocycles. The van der Waals surface area contributed by atoms with Crippen LogP contribution in [0.15, 0.2) is 65.3 Å². The first-order valence-electron chi connectivity index (χ1n) is 17.8. The summed E-state index contributed by atoms with van der Waals surface area (Å²) in [4.78, 5) is 13.2. The number of aliphatic carboxylic acids is 1. The Kier molecular flexibility index (Phi) is 13.3. The molecule has 0 fully saturated rings. The van der Waals surface area contributed by atoms with Gasteiger partial charge in [-0.3, -0.25) is 18.5 Å². The number of rotatable bonds is 17. The van der Waals surface area contributed by atoms with Gasteiger partial charge in [0.15, 0.2) is 5.71 Å². The molecule has 0 amide bonds. The highest BCUT2D eigenvalue weighted by atomic mass is 32.2. The highest BCUT2D eigenvalue weighted by Crippen LogP contribution is 2.49. The van der Waals surface area contributed by atoms with E-state index in [1.54, 1.807) is 6.08 Å². The summed E-state index contributed by atoms with van der Waals surface area (Å²) in [6, 6.07) is 10.1. The second-order valence-electron chi connectivity index (χ2n) is 15.1. The summed E-state index contributed by atoms with van der Waals surface area (Å²) in [5.41, 5.74) is 2.44. The van der Waals surface area contributed by atoms with Crippen LogP contribution >= 0.6 is 0 Å². The van der Waals surface area contributed by atoms with Crippen molar-refractivity contribution in [3.63, 3.8) is 0 Å². The van der Waals surface area contributed by atoms with E-state index in [1.807, 2.05) is 53.7 Å². The molecule has 17 heteroatoms. The summed E-state index contributed by atoms with van der Waals surface area (Å²) < 4.78 is 107. The number of carboxylic acids is 1. The van der Waals surface area contributed by atoms with Crippen LogP contribution in [0.5, 0.6) is 5.75 Å². The Balaban J connectivity index is 1.77. The van der Waals surface area contributed by atoms with Crippen LogP contribution in [0, 0.1) is 5.41 Å². The van der Waals surface area contributed by atoms with E-state index in [0.717, 1.165) is 11.3 Å². The van der Waals surface area contributed by atoms with Gasteiger partial charge in [0.25, 0.3) is 30.4 Å². The predicted molar refractivity (Wildman–Crippen MR) is 206 cm³/mol. The molecule has 0 spiro atoms. The minimum Gasteiger partial charge on any atom is -0.481 e. The molecule has 0 saturated carbocycles. The summed E-state index contributed by atoms with van der Waals surface area (Å²) in [6.07, 6.45) is 6.62. The quantitative estimate of drug-likeness (QED) is 0.107. The minimum atomic E-state index is -4.59. The van der Waals surface area contributed by atoms with E-state index in [4.69, 9.17) is 4.74 Å². The maximum atomic E-state index is 12.2. The number of hydrogen-bond acceptors (Lipinski definition) is 9. The van der Waals surface area contributed by atoms with Gasteiger partial charge < -0.3 is 14.7 Å². The maximum Gasteiger partial charge on any atom is 0.303 e. The van der Waals surface area contributed by atoms with E-state index >= 15 is 0 Å². The van der Waals surface area contributed by atoms with Crippen molar-refractivity contribution in [1.82, 2.24) is 0 Å². The van der Waals surface area contributed by atoms with Crippen LogP contribution in [0.1, 0.15) is 90.2 Å². The smallest absolute Gasteiger partial charge is 0.303 e. The van der Waals surface area contributed by atoms with Crippen molar-refractivity contribution < 1.29 is 58.1 Å². The van der Waals surface area contributed by atoms with E-state index in [1.165, 1.54) is 18.2 Å². The number of benzene rings is 2. The number of ether oxygens (including phenoxy) is 1. The second-order valence-corrected chi connectivity index (χ2v) is 19.6. The fraction of sp³-hybridized carbons (Fsp3) is 0.514. The number of carbonyl (C=O) groups is 1. The molecule has 2 aliphatic rings. The standard InChI is InChI=1S/C37H50N2O12S3/c1-6-38(19-9-21-52(42,43)44)26-14-16-29-30(36(2,3)4)24-27(51-33(29)23-26)11-7-12-34-37(5,18-8-13-35(40)41)31-25-28(54(48,49)50)15-17-32(31)39(34)20-10-22-53(45,46)47/h7,11-12,14-17,23,25,30H,6,8-10,13,18-22,24H2,1-5H3,(H3-,40,41,42,43,44,45,46,47,48,49,50)/p+1/b12-7+,27-11-. The van der Waals surface area contributed by atoms with Gasteiger partial charge in [-0.15, -0.1) is 0 Å². The topological polar surface area (TPSA) is 216 Å². The molecule has 0 aliphatic carbocycles. The zero-order valence-electron chi connectivity index (χ0n) is 31.2. The molecule has 2 unspecified atom stereocenters. The molecule has 2 aromatic rings. The van der Waals surface area contributed by atoms with Crippen molar-refractivity contribution in [2.24, 2.45) is 5.41 Å². The number of nitrogens with zero attached hydrogens (tertiary/aromatic N) is 2. The summed E-state index contributed by atoms with van der Waals surface area (Å²) in [7, 11) is -13.0. The van der Waals surface area contributed by atoms with Crippen LogP contribution in [0.4, 0.5) is 11.4 Å². The van der Waals surface area contributed by atoms with E-state index < -0.39 is 47.5 Å². The van der Waals surface area contributed by atoms with Crippen LogP contribution in [-0.2, 0) is 40.6 Å². The summed E-state index contributed by atoms with van der Waals surface area (Å²) >= 11 is 0. The third-order valence-corrected chi connectivity index (χ3v) is 12.5. The molecule has 2 atom stereocenters. The Bertz CT molecular complexity index is 2170. The van der Waals surface area contributed by atoms with Crippen molar-refractivity contribution in [3.05, 3.63) is 71.5 Å². The maximum absolute atomic E-state index is 12.2. The van der Waals surface area contributed by atoms with Gasteiger partial charge in [0.1, 0.15) is 18.1 Å². The molecule has 14 nitrogen and oxygen atoms in total. The second kappa shape index (κ2) is 16.6. The van der Waals surface area contributed by atoms with Gasteiger partial charge in [-0.2, -0.15) is 29.8 Å². The lowest BCUT2D eigenvalue weighted by Gasteiger charge is -2.37. The van der Waals surface area contributed by atoms with Gasteiger partial charge in [-0.05, 0) is 74.3 Å². The normalized spacial score (nSPS) is 19.9. The SMILES string of the molecule is CCN(CCCS(=O)(=O)O)c1ccc2c(c1)O/C(=C\C=C\C1=[N+](CCCS(=O)(=O)O)c3ccc(S(=O)(=O)O)cc3C1(C)CCCC(=O)O)CC2C(C)(C)C. The molecule has 0 bridgehead atoms. The molecule has 4 rings (SSSR count). The zero-order chi connectivity index (χ0) is 40.3. The molecule has 4 N–H and O–H groups in total. The number of hydrogen-bond donors (Lipinski definition) is 4. The molecular formula is C37H51N2O12S3+. The summed E-state index contributed by atoms with van der Waals surface area (Å²) in [5, 5.41) is 9.41. The van der Waals surface area contributed by atoms with E-state index in [9.17, 15) is 48.8 Å².